The van der Waals surface area contributed by atoms with Crippen molar-refractivity contribution in [1.29, 1.82) is 0 Å². The maximum absolute atomic E-state index is 12.1. The molecule has 0 fully saturated rings. The minimum Gasteiger partial charge on any atom is -0.493 e. The fourth-order valence-corrected chi connectivity index (χ4v) is 2.69. The number of benzene rings is 2. The number of ether oxygens (including phenoxy) is 3. The van der Waals surface area contributed by atoms with Crippen LogP contribution in [0.3, 0.4) is 0 Å². The number of aromatic nitrogens is 2. The predicted octanol–water partition coefficient (Wildman–Crippen LogP) is 2.16. The van der Waals surface area contributed by atoms with Crippen LogP contribution in [0.5, 0.6) is 11.5 Å². The summed E-state index contributed by atoms with van der Waals surface area (Å²) in [7, 11) is 3.14. The molecule has 150 valence electrons. The molecule has 0 bridgehead atoms. The van der Waals surface area contributed by atoms with E-state index in [1.165, 1.54) is 6.20 Å². The van der Waals surface area contributed by atoms with E-state index in [0.717, 1.165) is 5.56 Å². The van der Waals surface area contributed by atoms with E-state index in [1.54, 1.807) is 32.4 Å². The van der Waals surface area contributed by atoms with Gasteiger partial charge in [-0.2, -0.15) is 0 Å². The second-order valence-corrected chi connectivity index (χ2v) is 6.11. The SMILES string of the molecule is COc1ccc(CCNC(=O)COC(=O)c2cnc3ccccc3n2)cc1OC. The van der Waals surface area contributed by atoms with Gasteiger partial charge in [0.1, 0.15) is 0 Å². The quantitative estimate of drug-likeness (QED) is 0.584. The second-order valence-electron chi connectivity index (χ2n) is 6.11. The lowest BCUT2D eigenvalue weighted by molar-refractivity contribution is -0.124. The normalized spacial score (nSPS) is 10.4. The van der Waals surface area contributed by atoms with Crippen LogP contribution in [0.2, 0.25) is 0 Å². The summed E-state index contributed by atoms with van der Waals surface area (Å²) in [6, 6.07) is 12.7. The summed E-state index contributed by atoms with van der Waals surface area (Å²) >= 11 is 0. The van der Waals surface area contributed by atoms with Gasteiger partial charge in [0.05, 0.1) is 31.4 Å². The van der Waals surface area contributed by atoms with E-state index >= 15 is 0 Å². The first kappa shape index (κ1) is 20.1. The second kappa shape index (κ2) is 9.50. The molecule has 0 atom stereocenters. The topological polar surface area (TPSA) is 99.6 Å². The van der Waals surface area contributed by atoms with Crippen LogP contribution in [0.4, 0.5) is 0 Å². The summed E-state index contributed by atoms with van der Waals surface area (Å²) in [5, 5.41) is 2.71. The number of carbonyl (C=O) groups excluding carboxylic acids is 2. The molecule has 0 aliphatic carbocycles. The standard InChI is InChI=1S/C21H21N3O5/c1-27-18-8-7-14(11-19(18)28-2)9-10-22-20(25)13-29-21(26)17-12-23-15-5-3-4-6-16(15)24-17/h3-8,11-12H,9-10,13H2,1-2H3,(H,22,25). The van der Waals surface area contributed by atoms with Crippen molar-refractivity contribution in [3.8, 4) is 11.5 Å². The summed E-state index contributed by atoms with van der Waals surface area (Å²) in [5.74, 6) is 0.177. The molecule has 0 aliphatic rings. The third-order valence-electron chi connectivity index (χ3n) is 4.18. The van der Waals surface area contributed by atoms with E-state index < -0.39 is 11.9 Å². The molecule has 0 unspecified atom stereocenters. The van der Waals surface area contributed by atoms with Crippen molar-refractivity contribution in [2.45, 2.75) is 6.42 Å². The Morgan fingerprint density at radius 3 is 2.52 bits per heavy atom. The van der Waals surface area contributed by atoms with Crippen molar-refractivity contribution in [3.05, 3.63) is 59.9 Å². The largest absolute Gasteiger partial charge is 0.493 e. The Hall–Kier alpha value is -3.68. The van der Waals surface area contributed by atoms with Crippen LogP contribution in [0.25, 0.3) is 11.0 Å². The lowest BCUT2D eigenvalue weighted by Crippen LogP contribution is -2.30. The molecule has 3 aromatic rings. The van der Waals surface area contributed by atoms with Crippen LogP contribution in [-0.2, 0) is 16.0 Å². The lowest BCUT2D eigenvalue weighted by Gasteiger charge is -2.10. The Kier molecular flexibility index (Phi) is 6.57. The Labute approximate surface area is 167 Å². The van der Waals surface area contributed by atoms with Crippen molar-refractivity contribution in [3.63, 3.8) is 0 Å². The molecule has 0 saturated carbocycles. The summed E-state index contributed by atoms with van der Waals surface area (Å²) in [6.45, 7) is 0.000914. The monoisotopic (exact) mass is 395 g/mol. The maximum Gasteiger partial charge on any atom is 0.359 e. The molecule has 3 rings (SSSR count). The van der Waals surface area contributed by atoms with Gasteiger partial charge in [-0.25, -0.2) is 9.78 Å². The molecule has 1 N–H and O–H groups in total. The molecule has 8 heteroatoms. The number of hydrogen-bond acceptors (Lipinski definition) is 7. The predicted molar refractivity (Wildman–Crippen MR) is 106 cm³/mol. The molecule has 1 heterocycles. The van der Waals surface area contributed by atoms with Crippen molar-refractivity contribution >= 4 is 22.9 Å². The van der Waals surface area contributed by atoms with Crippen molar-refractivity contribution in [2.24, 2.45) is 0 Å². The summed E-state index contributed by atoms with van der Waals surface area (Å²) in [4.78, 5) is 32.4. The van der Waals surface area contributed by atoms with Crippen LogP contribution in [0.1, 0.15) is 16.1 Å². The Morgan fingerprint density at radius 2 is 1.76 bits per heavy atom. The van der Waals surface area contributed by atoms with Crippen molar-refractivity contribution in [1.82, 2.24) is 15.3 Å². The molecule has 1 amide bonds. The van der Waals surface area contributed by atoms with Gasteiger partial charge in [0.15, 0.2) is 23.8 Å². The van der Waals surface area contributed by atoms with Gasteiger partial charge in [-0.05, 0) is 36.2 Å². The van der Waals surface area contributed by atoms with Crippen molar-refractivity contribution < 1.29 is 23.8 Å². The number of rotatable bonds is 8. The van der Waals surface area contributed by atoms with Gasteiger partial charge < -0.3 is 19.5 Å². The fourth-order valence-electron chi connectivity index (χ4n) is 2.69. The number of para-hydroxylation sites is 2. The highest BCUT2D eigenvalue weighted by molar-refractivity contribution is 5.91. The number of fused-ring (bicyclic) bond motifs is 1. The molecule has 8 nitrogen and oxygen atoms in total. The van der Waals surface area contributed by atoms with Gasteiger partial charge in [-0.15, -0.1) is 0 Å². The third-order valence-corrected chi connectivity index (χ3v) is 4.18. The first-order valence-electron chi connectivity index (χ1n) is 8.97. The van der Waals surface area contributed by atoms with E-state index in [-0.39, 0.29) is 12.3 Å². The maximum atomic E-state index is 12.1. The number of esters is 1. The van der Waals surface area contributed by atoms with E-state index in [9.17, 15) is 9.59 Å². The smallest absolute Gasteiger partial charge is 0.359 e. The molecular weight excluding hydrogens is 374 g/mol. The van der Waals surface area contributed by atoms with Crippen LogP contribution in [0, 0.1) is 0 Å². The highest BCUT2D eigenvalue weighted by Gasteiger charge is 2.13. The number of hydrogen-bond donors (Lipinski definition) is 1. The van der Waals surface area contributed by atoms with E-state index in [4.69, 9.17) is 14.2 Å². The van der Waals surface area contributed by atoms with E-state index in [2.05, 4.69) is 15.3 Å². The molecule has 0 aliphatic heterocycles. The minimum atomic E-state index is -0.696. The van der Waals surface area contributed by atoms with E-state index in [0.29, 0.717) is 35.5 Å². The minimum absolute atomic E-state index is 0.0572. The zero-order chi connectivity index (χ0) is 20.6. The summed E-state index contributed by atoms with van der Waals surface area (Å²) in [5.41, 5.74) is 2.30. The Balaban J connectivity index is 1.46. The van der Waals surface area contributed by atoms with Gasteiger partial charge >= 0.3 is 5.97 Å². The molecular formula is C21H21N3O5. The van der Waals surface area contributed by atoms with Gasteiger partial charge in [0.25, 0.3) is 5.91 Å². The molecule has 2 aromatic carbocycles. The van der Waals surface area contributed by atoms with Gasteiger partial charge in [-0.1, -0.05) is 18.2 Å². The molecule has 29 heavy (non-hydrogen) atoms. The lowest BCUT2D eigenvalue weighted by atomic mass is 10.1. The van der Waals surface area contributed by atoms with Crippen LogP contribution >= 0.6 is 0 Å². The fraction of sp³-hybridized carbons (Fsp3) is 0.238. The number of amides is 1. The molecule has 1 aromatic heterocycles. The average molecular weight is 395 g/mol. The number of nitrogens with zero attached hydrogens (tertiary/aromatic N) is 2. The summed E-state index contributed by atoms with van der Waals surface area (Å²) in [6.07, 6.45) is 1.93. The average Bonchev–Trinajstić information content (AvgIpc) is 2.76. The first-order valence-corrected chi connectivity index (χ1v) is 8.97. The van der Waals surface area contributed by atoms with Gasteiger partial charge in [0.2, 0.25) is 0 Å². The van der Waals surface area contributed by atoms with Crippen LogP contribution in [0.15, 0.2) is 48.7 Å². The highest BCUT2D eigenvalue weighted by Crippen LogP contribution is 2.27. The molecule has 0 saturated heterocycles. The van der Waals surface area contributed by atoms with Gasteiger partial charge in [0, 0.05) is 6.54 Å². The molecule has 0 spiro atoms. The van der Waals surface area contributed by atoms with Crippen LogP contribution < -0.4 is 14.8 Å². The highest BCUT2D eigenvalue weighted by atomic mass is 16.5. The van der Waals surface area contributed by atoms with Crippen molar-refractivity contribution in [2.75, 3.05) is 27.4 Å². The zero-order valence-electron chi connectivity index (χ0n) is 16.2. The van der Waals surface area contributed by atoms with E-state index in [1.807, 2.05) is 24.3 Å². The summed E-state index contributed by atoms with van der Waals surface area (Å²) < 4.78 is 15.5. The zero-order valence-corrected chi connectivity index (χ0v) is 16.2. The van der Waals surface area contributed by atoms with Crippen LogP contribution in [-0.4, -0.2) is 49.2 Å². The third kappa shape index (κ3) is 5.19. The Bertz CT molecular complexity index is 1020. The number of nitrogens with one attached hydrogen (secondary N) is 1. The molecule has 0 radical (unpaired) electrons. The first-order chi connectivity index (χ1) is 14.1. The number of methoxy groups -OCH3 is 2. The number of carbonyl (C=O) groups is 2. The Morgan fingerprint density at radius 1 is 1.00 bits per heavy atom. The van der Waals surface area contributed by atoms with Gasteiger partial charge in [-0.3, -0.25) is 9.78 Å².